The topological polar surface area (TPSA) is 84.7 Å². The van der Waals surface area contributed by atoms with Gasteiger partial charge in [0.2, 0.25) is 15.9 Å². The fraction of sp³-hybridized carbons (Fsp3) is 0.750. The molecule has 0 aliphatic carbocycles. The fourth-order valence-electron chi connectivity index (χ4n) is 3.79. The second kappa shape index (κ2) is 7.05. The first-order valence-electron chi connectivity index (χ1n) is 8.74. The van der Waals surface area contributed by atoms with E-state index in [-0.39, 0.29) is 17.3 Å². The Labute approximate surface area is 148 Å². The lowest BCUT2D eigenvalue weighted by atomic mass is 9.78. The Hall–Kier alpha value is -1.45. The zero-order valence-electron chi connectivity index (χ0n) is 14.8. The maximum atomic E-state index is 12.9. The average Bonchev–Trinajstić information content (AvgIpc) is 3.25. The Kier molecular flexibility index (Phi) is 5.17. The molecule has 0 saturated carbocycles. The molecule has 3 heterocycles. The molecule has 2 saturated heterocycles. The minimum atomic E-state index is -3.61. The summed E-state index contributed by atoms with van der Waals surface area (Å²) in [7, 11) is -1.99. The van der Waals surface area contributed by atoms with Crippen molar-refractivity contribution in [1.29, 1.82) is 0 Å². The highest BCUT2D eigenvalue weighted by atomic mass is 32.2. The van der Waals surface area contributed by atoms with E-state index in [4.69, 9.17) is 4.74 Å². The van der Waals surface area contributed by atoms with Crippen LogP contribution in [0.4, 0.5) is 0 Å². The molecule has 1 amide bonds. The van der Waals surface area contributed by atoms with Gasteiger partial charge in [0.05, 0.1) is 18.2 Å². The lowest BCUT2D eigenvalue weighted by Gasteiger charge is -2.39. The van der Waals surface area contributed by atoms with E-state index in [0.29, 0.717) is 32.7 Å². The smallest absolute Gasteiger partial charge is 0.246 e. The van der Waals surface area contributed by atoms with Gasteiger partial charge in [0.15, 0.2) is 0 Å². The van der Waals surface area contributed by atoms with E-state index < -0.39 is 15.4 Å². The summed E-state index contributed by atoms with van der Waals surface area (Å²) in [6.45, 7) is 4.95. The Morgan fingerprint density at radius 2 is 2.12 bits per heavy atom. The zero-order chi connectivity index (χ0) is 18.1. The first-order chi connectivity index (χ1) is 11.9. The van der Waals surface area contributed by atoms with Crippen LogP contribution in [-0.2, 0) is 26.1 Å². The van der Waals surface area contributed by atoms with Gasteiger partial charge < -0.3 is 9.64 Å². The molecule has 0 N–H and O–H groups in total. The number of sulfonamides is 1. The van der Waals surface area contributed by atoms with Gasteiger partial charge in [0.1, 0.15) is 4.90 Å². The molecule has 25 heavy (non-hydrogen) atoms. The molecule has 3 rings (SSSR count). The van der Waals surface area contributed by atoms with Crippen LogP contribution >= 0.6 is 0 Å². The van der Waals surface area contributed by atoms with Gasteiger partial charge in [-0.25, -0.2) is 8.42 Å². The lowest BCUT2D eigenvalue weighted by Crippen LogP contribution is -2.51. The number of hydrogen-bond acceptors (Lipinski definition) is 5. The molecule has 0 radical (unpaired) electrons. The maximum absolute atomic E-state index is 12.9. The molecule has 0 unspecified atom stereocenters. The molecule has 1 atom stereocenters. The standard InChI is InChI=1S/C16H26N4O4S/c1-3-19-12-14(11-17-19)25(22,23)20-8-6-16(13-20)5-4-7-18(15(16)21)9-10-24-2/h11-12H,3-10,13H2,1-2H3/t16-/m1/s1. The van der Waals surface area contributed by atoms with Crippen LogP contribution in [0.2, 0.25) is 0 Å². The highest BCUT2D eigenvalue weighted by Gasteiger charge is 2.51. The molecule has 9 heteroatoms. The number of aromatic nitrogens is 2. The van der Waals surface area contributed by atoms with E-state index in [1.54, 1.807) is 18.0 Å². The van der Waals surface area contributed by atoms with E-state index in [1.165, 1.54) is 10.5 Å². The Balaban J connectivity index is 1.76. The van der Waals surface area contributed by atoms with E-state index in [9.17, 15) is 13.2 Å². The molecule has 1 aromatic rings. The predicted octanol–water partition coefficient (Wildman–Crippen LogP) is 0.553. The summed E-state index contributed by atoms with van der Waals surface area (Å²) in [6.07, 6.45) is 5.16. The molecule has 140 valence electrons. The third-order valence-electron chi connectivity index (χ3n) is 5.28. The van der Waals surface area contributed by atoms with Crippen LogP contribution in [0.25, 0.3) is 0 Å². The number of methoxy groups -OCH3 is 1. The number of carbonyl (C=O) groups excluding carboxylic acids is 1. The minimum Gasteiger partial charge on any atom is -0.383 e. The molecule has 2 aliphatic rings. The van der Waals surface area contributed by atoms with E-state index in [0.717, 1.165) is 19.4 Å². The van der Waals surface area contributed by atoms with E-state index in [1.807, 2.05) is 11.8 Å². The van der Waals surface area contributed by atoms with Gasteiger partial charge in [-0.15, -0.1) is 0 Å². The van der Waals surface area contributed by atoms with Gasteiger partial charge >= 0.3 is 0 Å². The molecule has 8 nitrogen and oxygen atoms in total. The van der Waals surface area contributed by atoms with Crippen molar-refractivity contribution in [2.24, 2.45) is 5.41 Å². The van der Waals surface area contributed by atoms with Crippen molar-refractivity contribution in [3.05, 3.63) is 12.4 Å². The number of rotatable bonds is 6. The van der Waals surface area contributed by atoms with Gasteiger partial charge in [0.25, 0.3) is 0 Å². The monoisotopic (exact) mass is 370 g/mol. The van der Waals surface area contributed by atoms with Gasteiger partial charge in [-0.1, -0.05) is 0 Å². The Morgan fingerprint density at radius 1 is 1.32 bits per heavy atom. The van der Waals surface area contributed by atoms with Crippen LogP contribution in [0.15, 0.2) is 17.3 Å². The van der Waals surface area contributed by atoms with Crippen molar-refractivity contribution in [3.63, 3.8) is 0 Å². The van der Waals surface area contributed by atoms with Crippen LogP contribution in [0.1, 0.15) is 26.2 Å². The number of likely N-dealkylation sites (tertiary alicyclic amines) is 1. The molecule has 0 bridgehead atoms. The first-order valence-corrected chi connectivity index (χ1v) is 10.2. The maximum Gasteiger partial charge on any atom is 0.246 e. The second-order valence-corrected chi connectivity index (χ2v) is 8.73. The highest BCUT2D eigenvalue weighted by Crippen LogP contribution is 2.41. The number of nitrogens with zero attached hydrogens (tertiary/aromatic N) is 4. The van der Waals surface area contributed by atoms with Gasteiger partial charge in [0, 0.05) is 46.0 Å². The second-order valence-electron chi connectivity index (χ2n) is 6.79. The summed E-state index contributed by atoms with van der Waals surface area (Å²) in [5, 5.41) is 4.06. The van der Waals surface area contributed by atoms with E-state index >= 15 is 0 Å². The number of amides is 1. The summed E-state index contributed by atoms with van der Waals surface area (Å²) in [5.41, 5.74) is -0.584. The summed E-state index contributed by atoms with van der Waals surface area (Å²) in [6, 6.07) is 0. The van der Waals surface area contributed by atoms with Gasteiger partial charge in [-0.2, -0.15) is 9.40 Å². The minimum absolute atomic E-state index is 0.0674. The molecule has 1 aromatic heterocycles. The first kappa shape index (κ1) is 18.3. The summed E-state index contributed by atoms with van der Waals surface area (Å²) in [4.78, 5) is 15.0. The summed E-state index contributed by atoms with van der Waals surface area (Å²) < 4.78 is 33.9. The molecule has 2 fully saturated rings. The van der Waals surface area contributed by atoms with Crippen molar-refractivity contribution in [3.8, 4) is 0 Å². The predicted molar refractivity (Wildman–Crippen MR) is 91.4 cm³/mol. The number of hydrogen-bond donors (Lipinski definition) is 0. The lowest BCUT2D eigenvalue weighted by molar-refractivity contribution is -0.146. The Morgan fingerprint density at radius 3 is 2.80 bits per heavy atom. The SMILES string of the molecule is CCn1cc(S(=O)(=O)N2CC[C@]3(CCCN(CCOC)C3=O)C2)cn1. The normalized spacial score (nSPS) is 25.2. The zero-order valence-corrected chi connectivity index (χ0v) is 15.7. The van der Waals surface area contributed by atoms with Gasteiger partial charge in [-0.3, -0.25) is 9.48 Å². The quantitative estimate of drug-likeness (QED) is 0.730. The third-order valence-corrected chi connectivity index (χ3v) is 7.08. The van der Waals surface area contributed by atoms with Crippen molar-refractivity contribution in [2.75, 3.05) is 39.9 Å². The molecular weight excluding hydrogens is 344 g/mol. The molecule has 1 spiro atoms. The number of aryl methyl sites for hydroxylation is 1. The number of piperidine rings is 1. The highest BCUT2D eigenvalue weighted by molar-refractivity contribution is 7.89. The average molecular weight is 370 g/mol. The van der Waals surface area contributed by atoms with E-state index in [2.05, 4.69) is 5.10 Å². The van der Waals surface area contributed by atoms with Crippen LogP contribution < -0.4 is 0 Å². The van der Waals surface area contributed by atoms with Crippen LogP contribution in [-0.4, -0.2) is 73.2 Å². The number of carbonyl (C=O) groups is 1. The van der Waals surface area contributed by atoms with Crippen LogP contribution in [0.3, 0.4) is 0 Å². The molecule has 2 aliphatic heterocycles. The number of ether oxygens (including phenoxy) is 1. The Bertz CT molecular complexity index is 732. The summed E-state index contributed by atoms with van der Waals surface area (Å²) in [5.74, 6) is 0.0674. The third kappa shape index (κ3) is 3.32. The summed E-state index contributed by atoms with van der Waals surface area (Å²) >= 11 is 0. The van der Waals surface area contributed by atoms with Crippen LogP contribution in [0.5, 0.6) is 0 Å². The molecular formula is C16H26N4O4S. The van der Waals surface area contributed by atoms with Crippen molar-refractivity contribution >= 4 is 15.9 Å². The molecule has 0 aromatic carbocycles. The fourth-order valence-corrected chi connectivity index (χ4v) is 5.27. The largest absolute Gasteiger partial charge is 0.383 e. The van der Waals surface area contributed by atoms with Crippen molar-refractivity contribution in [1.82, 2.24) is 19.0 Å². The van der Waals surface area contributed by atoms with Crippen molar-refractivity contribution < 1.29 is 17.9 Å². The van der Waals surface area contributed by atoms with Gasteiger partial charge in [-0.05, 0) is 26.2 Å². The van der Waals surface area contributed by atoms with Crippen molar-refractivity contribution in [2.45, 2.75) is 37.6 Å². The van der Waals surface area contributed by atoms with Crippen LogP contribution in [0, 0.1) is 5.41 Å².